The number of benzene rings is 1. The summed E-state index contributed by atoms with van der Waals surface area (Å²) in [6.07, 6.45) is 2.17. The first-order chi connectivity index (χ1) is 10.5. The highest BCUT2D eigenvalue weighted by atomic mass is 35.5. The summed E-state index contributed by atoms with van der Waals surface area (Å²) in [5.74, 6) is 0.576. The molecule has 0 aliphatic heterocycles. The van der Waals surface area contributed by atoms with Crippen molar-refractivity contribution in [2.45, 2.75) is 18.8 Å². The van der Waals surface area contributed by atoms with Gasteiger partial charge in [0, 0.05) is 10.9 Å². The second-order valence-corrected chi connectivity index (χ2v) is 6.15. The van der Waals surface area contributed by atoms with Crippen molar-refractivity contribution >= 4 is 52.5 Å². The molecule has 5 nitrogen and oxygen atoms in total. The van der Waals surface area contributed by atoms with Gasteiger partial charge in [0.25, 0.3) is 0 Å². The van der Waals surface area contributed by atoms with Gasteiger partial charge in [0.2, 0.25) is 5.95 Å². The lowest BCUT2D eigenvalue weighted by Gasteiger charge is -2.09. The van der Waals surface area contributed by atoms with Gasteiger partial charge in [0.05, 0.1) is 16.4 Å². The lowest BCUT2D eigenvalue weighted by Crippen LogP contribution is -2.21. The van der Waals surface area contributed by atoms with Crippen LogP contribution in [-0.2, 0) is 0 Å². The molecule has 0 radical (unpaired) electrons. The molecule has 114 valence electrons. The van der Waals surface area contributed by atoms with Gasteiger partial charge in [-0.3, -0.25) is 5.32 Å². The van der Waals surface area contributed by atoms with Crippen LogP contribution in [-0.4, -0.2) is 16.0 Å². The molecule has 1 aliphatic rings. The quantitative estimate of drug-likeness (QED) is 0.763. The van der Waals surface area contributed by atoms with E-state index in [0.29, 0.717) is 26.8 Å². The average molecular weight is 358 g/mol. The van der Waals surface area contributed by atoms with Crippen LogP contribution < -0.4 is 10.6 Å². The van der Waals surface area contributed by atoms with Crippen LogP contribution in [0.4, 0.5) is 16.4 Å². The first-order valence-corrected chi connectivity index (χ1v) is 7.72. The predicted octanol–water partition coefficient (Wildman–Crippen LogP) is 4.96. The highest BCUT2D eigenvalue weighted by Crippen LogP contribution is 2.39. The molecule has 0 spiro atoms. The van der Waals surface area contributed by atoms with Crippen LogP contribution in [0.2, 0.25) is 15.2 Å². The van der Waals surface area contributed by atoms with Crippen molar-refractivity contribution in [1.29, 1.82) is 0 Å². The molecule has 0 atom stereocenters. The number of halogens is 3. The Morgan fingerprint density at radius 3 is 2.55 bits per heavy atom. The molecule has 0 unspecified atom stereocenters. The van der Waals surface area contributed by atoms with Gasteiger partial charge in [-0.2, -0.15) is 0 Å². The highest BCUT2D eigenvalue weighted by Gasteiger charge is 2.26. The van der Waals surface area contributed by atoms with Crippen molar-refractivity contribution in [3.63, 3.8) is 0 Å². The fraction of sp³-hybridized carbons (Fsp3) is 0.214. The van der Waals surface area contributed by atoms with E-state index >= 15 is 0 Å². The summed E-state index contributed by atoms with van der Waals surface area (Å²) in [6, 6.07) is 5.99. The number of nitrogens with zero attached hydrogens (tertiary/aromatic N) is 2. The molecule has 2 amide bonds. The summed E-state index contributed by atoms with van der Waals surface area (Å²) in [7, 11) is 0. The van der Waals surface area contributed by atoms with Crippen molar-refractivity contribution in [3.05, 3.63) is 45.2 Å². The number of aromatic nitrogens is 2. The van der Waals surface area contributed by atoms with E-state index in [1.807, 2.05) is 0 Å². The van der Waals surface area contributed by atoms with Crippen LogP contribution in [0.15, 0.2) is 24.3 Å². The Labute approximate surface area is 142 Å². The minimum Gasteiger partial charge on any atom is -0.306 e. The second kappa shape index (κ2) is 6.28. The van der Waals surface area contributed by atoms with Crippen LogP contribution in [0.5, 0.6) is 0 Å². The average Bonchev–Trinajstić information content (AvgIpc) is 3.25. The van der Waals surface area contributed by atoms with E-state index in [1.165, 1.54) is 0 Å². The van der Waals surface area contributed by atoms with Gasteiger partial charge in [-0.25, -0.2) is 14.8 Å². The minimum atomic E-state index is -0.506. The molecule has 1 aliphatic carbocycles. The molecule has 2 aromatic rings. The van der Waals surface area contributed by atoms with E-state index in [-0.39, 0.29) is 5.95 Å². The molecule has 1 heterocycles. The second-order valence-electron chi connectivity index (χ2n) is 4.92. The fourth-order valence-electron chi connectivity index (χ4n) is 1.93. The van der Waals surface area contributed by atoms with Crippen LogP contribution in [0.25, 0.3) is 0 Å². The molecule has 1 saturated carbocycles. The first-order valence-electron chi connectivity index (χ1n) is 6.59. The predicted molar refractivity (Wildman–Crippen MR) is 88.1 cm³/mol. The molecule has 22 heavy (non-hydrogen) atoms. The summed E-state index contributed by atoms with van der Waals surface area (Å²) in [6.45, 7) is 0. The number of carbonyl (C=O) groups excluding carboxylic acids is 1. The molecule has 0 saturated heterocycles. The third kappa shape index (κ3) is 3.80. The van der Waals surface area contributed by atoms with Crippen molar-refractivity contribution in [3.8, 4) is 0 Å². The molecule has 3 rings (SSSR count). The zero-order chi connectivity index (χ0) is 15.7. The molecular weight excluding hydrogens is 347 g/mol. The largest absolute Gasteiger partial charge is 0.326 e. The van der Waals surface area contributed by atoms with Gasteiger partial charge >= 0.3 is 6.03 Å². The van der Waals surface area contributed by atoms with Crippen LogP contribution in [0, 0.1) is 0 Å². The first kappa shape index (κ1) is 15.3. The lowest BCUT2D eigenvalue weighted by atomic mass is 10.3. The van der Waals surface area contributed by atoms with Crippen molar-refractivity contribution in [2.75, 3.05) is 10.6 Å². The summed E-state index contributed by atoms with van der Waals surface area (Å²) >= 11 is 17.8. The number of amides is 2. The summed E-state index contributed by atoms with van der Waals surface area (Å²) in [5.41, 5.74) is 1.29. The molecular formula is C14H11Cl3N4O. The maximum atomic E-state index is 12.0. The van der Waals surface area contributed by atoms with Crippen molar-refractivity contribution in [1.82, 2.24) is 9.97 Å². The third-order valence-corrected chi connectivity index (χ3v) is 3.86. The Hall–Kier alpha value is -1.56. The number of hydrogen-bond acceptors (Lipinski definition) is 3. The van der Waals surface area contributed by atoms with Crippen molar-refractivity contribution in [2.24, 2.45) is 0 Å². The van der Waals surface area contributed by atoms with Crippen LogP contribution in [0.3, 0.4) is 0 Å². The molecule has 2 N–H and O–H groups in total. The zero-order valence-corrected chi connectivity index (χ0v) is 13.5. The van der Waals surface area contributed by atoms with Gasteiger partial charge in [-0.05, 0) is 37.1 Å². The smallest absolute Gasteiger partial charge is 0.306 e. The number of rotatable bonds is 3. The number of carbonyl (C=O) groups is 1. The van der Waals surface area contributed by atoms with E-state index in [2.05, 4.69) is 20.6 Å². The molecule has 8 heteroatoms. The maximum absolute atomic E-state index is 12.0. The Balaban J connectivity index is 1.71. The van der Waals surface area contributed by atoms with E-state index in [9.17, 15) is 4.79 Å². The number of anilines is 2. The minimum absolute atomic E-state index is 0.164. The lowest BCUT2D eigenvalue weighted by molar-refractivity contribution is 0.262. The topological polar surface area (TPSA) is 66.9 Å². The Bertz CT molecular complexity index is 734. The number of urea groups is 1. The van der Waals surface area contributed by atoms with E-state index in [1.54, 1.807) is 24.3 Å². The fourth-order valence-corrected chi connectivity index (χ4v) is 2.57. The maximum Gasteiger partial charge on any atom is 0.326 e. The molecule has 1 fully saturated rings. The monoisotopic (exact) mass is 356 g/mol. The number of hydrogen-bond donors (Lipinski definition) is 2. The normalized spacial score (nSPS) is 13.8. The van der Waals surface area contributed by atoms with Crippen LogP contribution in [0.1, 0.15) is 24.5 Å². The van der Waals surface area contributed by atoms with E-state index < -0.39 is 6.03 Å². The Morgan fingerprint density at radius 1 is 1.09 bits per heavy atom. The molecule has 1 aromatic carbocycles. The van der Waals surface area contributed by atoms with E-state index in [0.717, 1.165) is 18.5 Å². The summed E-state index contributed by atoms with van der Waals surface area (Å²) < 4.78 is 0. The van der Waals surface area contributed by atoms with Gasteiger partial charge in [0.1, 0.15) is 5.15 Å². The highest BCUT2D eigenvalue weighted by molar-refractivity contribution is 6.36. The Morgan fingerprint density at radius 2 is 1.86 bits per heavy atom. The summed E-state index contributed by atoms with van der Waals surface area (Å²) in [5, 5.41) is 6.29. The van der Waals surface area contributed by atoms with Gasteiger partial charge in [0.15, 0.2) is 0 Å². The standard InChI is InChI=1S/C14H11Cl3N4O/c15-8-3-4-10(9(16)5-8)19-14(22)21-13-18-11(7-1-2-7)6-12(17)20-13/h3-7H,1-2H2,(H2,18,19,20,21,22). The Kier molecular flexibility index (Phi) is 4.38. The third-order valence-electron chi connectivity index (χ3n) is 3.11. The van der Waals surface area contributed by atoms with E-state index in [4.69, 9.17) is 34.8 Å². The molecule has 1 aromatic heterocycles. The van der Waals surface area contributed by atoms with Crippen molar-refractivity contribution < 1.29 is 4.79 Å². The SMILES string of the molecule is O=C(Nc1nc(Cl)cc(C2CC2)n1)Nc1ccc(Cl)cc1Cl. The summed E-state index contributed by atoms with van der Waals surface area (Å²) in [4.78, 5) is 20.3. The number of nitrogens with one attached hydrogen (secondary N) is 2. The van der Waals surface area contributed by atoms with Gasteiger partial charge < -0.3 is 5.32 Å². The van der Waals surface area contributed by atoms with Gasteiger partial charge in [-0.1, -0.05) is 34.8 Å². The molecule has 0 bridgehead atoms. The van der Waals surface area contributed by atoms with Crippen LogP contribution >= 0.6 is 34.8 Å². The van der Waals surface area contributed by atoms with Gasteiger partial charge in [-0.15, -0.1) is 0 Å². The zero-order valence-electron chi connectivity index (χ0n) is 11.2.